The van der Waals surface area contributed by atoms with Crippen LogP contribution in [0.15, 0.2) is 0 Å². The standard InChI is InChI=1S/C5H11O8P.C5H12O5/c6-1-3(7)5(9)4(8)2-13-14(10,11)12;6-1-3(8)5(10)4(9)2-7/h1,3-5,7-9H,2H2,(H2,10,11,12);3-10H,1-2H2. The molecule has 0 spiro atoms. The fourth-order valence-corrected chi connectivity index (χ4v) is 1.40. The Morgan fingerprint density at radius 2 is 1.25 bits per heavy atom. The Kier molecular flexibility index (Phi) is 13.7. The van der Waals surface area contributed by atoms with Gasteiger partial charge in [0.15, 0.2) is 6.29 Å². The summed E-state index contributed by atoms with van der Waals surface area (Å²) in [5, 5.41) is 69.1. The van der Waals surface area contributed by atoms with Gasteiger partial charge in [-0.3, -0.25) is 4.52 Å². The van der Waals surface area contributed by atoms with E-state index in [0.717, 1.165) is 0 Å². The Hall–Kier alpha value is -0.540. The summed E-state index contributed by atoms with van der Waals surface area (Å²) in [7, 11) is -4.74. The van der Waals surface area contributed by atoms with Gasteiger partial charge in [-0.15, -0.1) is 0 Å². The molecule has 0 aromatic carbocycles. The molecular weight excluding hydrogens is 359 g/mol. The maximum atomic E-state index is 10.1. The van der Waals surface area contributed by atoms with Gasteiger partial charge in [-0.1, -0.05) is 0 Å². The smallest absolute Gasteiger partial charge is 0.394 e. The first-order valence-corrected chi connectivity index (χ1v) is 7.89. The molecule has 0 saturated carbocycles. The number of carbonyl (C=O) groups is 1. The normalized spacial score (nSPS) is 19.2. The SMILES string of the molecule is O=CC(O)C(O)C(O)COP(=O)(O)O.OCC(O)C(O)C(O)CO. The number of rotatable bonds is 10. The van der Waals surface area contributed by atoms with Gasteiger partial charge in [-0.25, -0.2) is 4.57 Å². The van der Waals surface area contributed by atoms with Crippen molar-refractivity contribution in [3.05, 3.63) is 0 Å². The molecule has 14 heteroatoms. The molecule has 5 atom stereocenters. The Labute approximate surface area is 136 Å². The molecule has 0 saturated heterocycles. The average molecular weight is 382 g/mol. The topological polar surface area (TPSA) is 246 Å². The lowest BCUT2D eigenvalue weighted by molar-refractivity contribution is -0.127. The summed E-state index contributed by atoms with van der Waals surface area (Å²) in [5.74, 6) is 0. The van der Waals surface area contributed by atoms with Gasteiger partial charge >= 0.3 is 7.82 Å². The highest BCUT2D eigenvalue weighted by Crippen LogP contribution is 2.35. The van der Waals surface area contributed by atoms with Gasteiger partial charge < -0.3 is 55.4 Å². The average Bonchev–Trinajstić information content (AvgIpc) is 2.55. The third-order valence-electron chi connectivity index (χ3n) is 2.46. The van der Waals surface area contributed by atoms with Gasteiger partial charge in [-0.2, -0.15) is 0 Å². The molecule has 0 radical (unpaired) electrons. The van der Waals surface area contributed by atoms with Gasteiger partial charge in [0, 0.05) is 0 Å². The molecule has 10 N–H and O–H groups in total. The molecule has 146 valence electrons. The van der Waals surface area contributed by atoms with Crippen molar-refractivity contribution in [2.45, 2.75) is 36.6 Å². The minimum absolute atomic E-state index is 0.0225. The van der Waals surface area contributed by atoms with E-state index in [0.29, 0.717) is 0 Å². The summed E-state index contributed by atoms with van der Waals surface area (Å²) in [6.45, 7) is -2.17. The Morgan fingerprint density at radius 1 is 0.833 bits per heavy atom. The molecule has 0 aliphatic carbocycles. The van der Waals surface area contributed by atoms with Crippen LogP contribution in [0.2, 0.25) is 0 Å². The number of aliphatic hydroxyl groups is 8. The minimum Gasteiger partial charge on any atom is -0.394 e. The second-order valence-corrected chi connectivity index (χ2v) is 5.70. The summed E-state index contributed by atoms with van der Waals surface area (Å²) in [4.78, 5) is 26.4. The zero-order valence-corrected chi connectivity index (χ0v) is 13.2. The summed E-state index contributed by atoms with van der Waals surface area (Å²) in [5.41, 5.74) is 0. The fraction of sp³-hybridized carbons (Fsp3) is 0.900. The van der Waals surface area contributed by atoms with Gasteiger partial charge in [0.2, 0.25) is 0 Å². The second kappa shape index (κ2) is 12.8. The summed E-state index contributed by atoms with van der Waals surface area (Å²) >= 11 is 0. The molecule has 0 aliphatic heterocycles. The summed E-state index contributed by atoms with van der Waals surface area (Å²) < 4.78 is 14.0. The Balaban J connectivity index is 0. The predicted octanol–water partition coefficient (Wildman–Crippen LogP) is -5.57. The highest BCUT2D eigenvalue weighted by Gasteiger charge is 2.27. The highest BCUT2D eigenvalue weighted by molar-refractivity contribution is 7.46. The van der Waals surface area contributed by atoms with Crippen LogP contribution in [0, 0.1) is 0 Å². The lowest BCUT2D eigenvalue weighted by Crippen LogP contribution is -2.41. The molecular formula is C10H23O13P. The summed E-state index contributed by atoms with van der Waals surface area (Å²) in [6, 6.07) is 0. The van der Waals surface area contributed by atoms with Crippen molar-refractivity contribution in [2.75, 3.05) is 19.8 Å². The van der Waals surface area contributed by atoms with Crippen molar-refractivity contribution in [2.24, 2.45) is 0 Å². The van der Waals surface area contributed by atoms with Crippen LogP contribution in [0.25, 0.3) is 0 Å². The lowest BCUT2D eigenvalue weighted by Gasteiger charge is -2.19. The highest BCUT2D eigenvalue weighted by atomic mass is 31.2. The summed E-state index contributed by atoms with van der Waals surface area (Å²) in [6.07, 6.45) is -9.75. The molecule has 0 amide bonds. The van der Waals surface area contributed by atoms with E-state index < -0.39 is 64.3 Å². The maximum Gasteiger partial charge on any atom is 0.469 e. The Bertz CT molecular complexity index is 364. The molecule has 0 aliphatic rings. The van der Waals surface area contributed by atoms with Crippen LogP contribution in [0.5, 0.6) is 0 Å². The van der Waals surface area contributed by atoms with E-state index >= 15 is 0 Å². The van der Waals surface area contributed by atoms with Gasteiger partial charge in [-0.05, 0) is 0 Å². The van der Waals surface area contributed by atoms with E-state index in [1.165, 1.54) is 0 Å². The molecule has 24 heavy (non-hydrogen) atoms. The number of hydrogen-bond donors (Lipinski definition) is 10. The number of phosphoric acid groups is 1. The molecule has 0 aromatic heterocycles. The Morgan fingerprint density at radius 3 is 1.54 bits per heavy atom. The monoisotopic (exact) mass is 382 g/mol. The van der Waals surface area contributed by atoms with Crippen molar-refractivity contribution < 1.29 is 64.5 Å². The van der Waals surface area contributed by atoms with Crippen LogP contribution in [-0.4, -0.2) is 113 Å². The van der Waals surface area contributed by atoms with E-state index in [-0.39, 0.29) is 6.29 Å². The van der Waals surface area contributed by atoms with Gasteiger partial charge in [0.05, 0.1) is 19.8 Å². The zero-order valence-electron chi connectivity index (χ0n) is 12.3. The van der Waals surface area contributed by atoms with Crippen LogP contribution < -0.4 is 0 Å². The van der Waals surface area contributed by atoms with E-state index in [1.807, 2.05) is 0 Å². The third kappa shape index (κ3) is 11.9. The molecule has 0 bridgehead atoms. The van der Waals surface area contributed by atoms with E-state index in [4.69, 9.17) is 50.6 Å². The molecule has 13 nitrogen and oxygen atoms in total. The third-order valence-corrected chi connectivity index (χ3v) is 2.95. The van der Waals surface area contributed by atoms with Crippen molar-refractivity contribution in [3.8, 4) is 0 Å². The molecule has 0 aromatic rings. The predicted molar refractivity (Wildman–Crippen MR) is 74.3 cm³/mol. The zero-order chi connectivity index (χ0) is 19.5. The molecule has 0 rings (SSSR count). The van der Waals surface area contributed by atoms with Crippen LogP contribution in [0.3, 0.4) is 0 Å². The molecule has 5 unspecified atom stereocenters. The van der Waals surface area contributed by atoms with Gasteiger partial charge in [0.25, 0.3) is 0 Å². The largest absolute Gasteiger partial charge is 0.469 e. The van der Waals surface area contributed by atoms with Crippen LogP contribution in [0.1, 0.15) is 0 Å². The van der Waals surface area contributed by atoms with E-state index in [2.05, 4.69) is 4.52 Å². The first-order chi connectivity index (χ1) is 10.9. The van der Waals surface area contributed by atoms with Crippen molar-refractivity contribution in [1.82, 2.24) is 0 Å². The van der Waals surface area contributed by atoms with Crippen LogP contribution in [-0.2, 0) is 13.9 Å². The molecule has 0 heterocycles. The minimum atomic E-state index is -4.74. The second-order valence-electron chi connectivity index (χ2n) is 4.46. The van der Waals surface area contributed by atoms with Crippen LogP contribution >= 0.6 is 7.82 Å². The van der Waals surface area contributed by atoms with Crippen molar-refractivity contribution in [1.29, 1.82) is 0 Å². The number of aliphatic hydroxyl groups excluding tert-OH is 8. The van der Waals surface area contributed by atoms with Crippen molar-refractivity contribution >= 4 is 14.1 Å². The first kappa shape index (κ1) is 25.7. The van der Waals surface area contributed by atoms with Crippen molar-refractivity contribution in [3.63, 3.8) is 0 Å². The lowest BCUT2D eigenvalue weighted by atomic mass is 10.1. The number of carbonyl (C=O) groups excluding carboxylic acids is 1. The van der Waals surface area contributed by atoms with E-state index in [1.54, 1.807) is 0 Å². The number of phosphoric ester groups is 1. The number of aldehydes is 1. The van der Waals surface area contributed by atoms with Crippen LogP contribution in [0.4, 0.5) is 0 Å². The van der Waals surface area contributed by atoms with E-state index in [9.17, 15) is 9.36 Å². The maximum absolute atomic E-state index is 10.1. The molecule has 0 fully saturated rings. The fourth-order valence-electron chi connectivity index (χ4n) is 1.05. The number of hydrogen-bond acceptors (Lipinski definition) is 11. The quantitative estimate of drug-likeness (QED) is 0.125. The first-order valence-electron chi connectivity index (χ1n) is 6.36. The van der Waals surface area contributed by atoms with Gasteiger partial charge in [0.1, 0.15) is 36.6 Å².